The first-order chi connectivity index (χ1) is 11.6. The lowest BCUT2D eigenvalue weighted by molar-refractivity contribution is -0.137. The molecule has 1 amide bonds. The summed E-state index contributed by atoms with van der Waals surface area (Å²) in [6, 6.07) is 7.80. The van der Waals surface area contributed by atoms with E-state index in [2.05, 4.69) is 0 Å². The van der Waals surface area contributed by atoms with Crippen LogP contribution in [0, 0.1) is 24.7 Å². The summed E-state index contributed by atoms with van der Waals surface area (Å²) in [5, 5.41) is 0. The van der Waals surface area contributed by atoms with E-state index in [9.17, 15) is 9.59 Å². The number of nitrogens with two attached hydrogens (primary N) is 1. The second kappa shape index (κ2) is 7.47. The quantitative estimate of drug-likeness (QED) is 0.865. The molecule has 1 heterocycles. The molecule has 2 N–H and O–H groups in total. The van der Waals surface area contributed by atoms with Crippen molar-refractivity contribution in [1.82, 2.24) is 4.90 Å². The van der Waals surface area contributed by atoms with Crippen molar-refractivity contribution in [3.05, 3.63) is 35.4 Å². The number of carbonyl (C=O) groups excluding carboxylic acids is 2. The molecule has 1 aromatic rings. The average molecular weight is 328 g/mol. The van der Waals surface area contributed by atoms with Gasteiger partial charge in [-0.2, -0.15) is 0 Å². The van der Waals surface area contributed by atoms with Crippen molar-refractivity contribution in [3.63, 3.8) is 0 Å². The maximum Gasteiger partial charge on any atom is 0.226 e. The highest BCUT2D eigenvalue weighted by molar-refractivity contribution is 5.98. The van der Waals surface area contributed by atoms with E-state index in [4.69, 9.17) is 5.73 Å². The van der Waals surface area contributed by atoms with Crippen LogP contribution in [0.1, 0.15) is 48.0 Å². The summed E-state index contributed by atoms with van der Waals surface area (Å²) in [7, 11) is 0. The minimum Gasteiger partial charge on any atom is -0.342 e. The number of rotatable bonds is 4. The molecule has 0 aromatic heterocycles. The molecule has 3 rings (SSSR count). The number of piperidine rings is 1. The number of nitrogens with zero attached hydrogens (tertiary/aromatic N) is 1. The van der Waals surface area contributed by atoms with E-state index in [1.165, 1.54) is 0 Å². The van der Waals surface area contributed by atoms with Crippen LogP contribution >= 0.6 is 0 Å². The normalized spacial score (nSPS) is 25.0. The highest BCUT2D eigenvalue weighted by Gasteiger charge is 2.36. The predicted octanol–water partition coefficient (Wildman–Crippen LogP) is 2.79. The van der Waals surface area contributed by atoms with E-state index in [-0.39, 0.29) is 23.5 Å². The molecule has 2 atom stereocenters. The van der Waals surface area contributed by atoms with Crippen molar-refractivity contribution in [2.75, 3.05) is 19.6 Å². The van der Waals surface area contributed by atoms with E-state index >= 15 is 0 Å². The zero-order valence-corrected chi connectivity index (χ0v) is 14.5. The fourth-order valence-electron chi connectivity index (χ4n) is 4.19. The third kappa shape index (κ3) is 3.54. The molecule has 4 heteroatoms. The summed E-state index contributed by atoms with van der Waals surface area (Å²) < 4.78 is 0. The average Bonchev–Trinajstić information content (AvgIpc) is 3.10. The summed E-state index contributed by atoms with van der Waals surface area (Å²) >= 11 is 0. The Kier molecular flexibility index (Phi) is 5.34. The summed E-state index contributed by atoms with van der Waals surface area (Å²) in [5.41, 5.74) is 7.77. The lowest BCUT2D eigenvalue weighted by atomic mass is 9.87. The Morgan fingerprint density at radius 1 is 1.08 bits per heavy atom. The van der Waals surface area contributed by atoms with Gasteiger partial charge in [0.2, 0.25) is 5.91 Å². The van der Waals surface area contributed by atoms with Gasteiger partial charge in [-0.1, -0.05) is 36.2 Å². The molecule has 0 unspecified atom stereocenters. The van der Waals surface area contributed by atoms with Gasteiger partial charge in [0.15, 0.2) is 5.78 Å². The Morgan fingerprint density at radius 3 is 2.38 bits per heavy atom. The van der Waals surface area contributed by atoms with E-state index in [1.807, 2.05) is 36.1 Å². The molecule has 130 valence electrons. The summed E-state index contributed by atoms with van der Waals surface area (Å²) in [6.07, 6.45) is 4.72. The lowest BCUT2D eigenvalue weighted by Crippen LogP contribution is -2.44. The van der Waals surface area contributed by atoms with Crippen LogP contribution in [-0.4, -0.2) is 36.2 Å². The van der Waals surface area contributed by atoms with Crippen molar-refractivity contribution in [1.29, 1.82) is 0 Å². The molecule has 1 aromatic carbocycles. The van der Waals surface area contributed by atoms with Gasteiger partial charge in [-0.3, -0.25) is 9.59 Å². The Morgan fingerprint density at radius 2 is 1.75 bits per heavy atom. The largest absolute Gasteiger partial charge is 0.342 e. The van der Waals surface area contributed by atoms with Crippen LogP contribution < -0.4 is 5.73 Å². The number of likely N-dealkylation sites (tertiary alicyclic amines) is 1. The Hall–Kier alpha value is -1.68. The van der Waals surface area contributed by atoms with Gasteiger partial charge >= 0.3 is 0 Å². The predicted molar refractivity (Wildman–Crippen MR) is 94.7 cm³/mol. The molecular formula is C20H28N2O2. The van der Waals surface area contributed by atoms with E-state index < -0.39 is 0 Å². The van der Waals surface area contributed by atoms with Crippen LogP contribution in [0.15, 0.2) is 24.3 Å². The second-order valence-corrected chi connectivity index (χ2v) is 7.36. The van der Waals surface area contributed by atoms with Crippen LogP contribution in [0.5, 0.6) is 0 Å². The highest BCUT2D eigenvalue weighted by Crippen LogP contribution is 2.33. The summed E-state index contributed by atoms with van der Waals surface area (Å²) in [5.74, 6) is 1.00. The first-order valence-electron chi connectivity index (χ1n) is 9.20. The zero-order valence-electron chi connectivity index (χ0n) is 14.5. The van der Waals surface area contributed by atoms with Gasteiger partial charge in [-0.25, -0.2) is 0 Å². The maximum atomic E-state index is 12.7. The number of aryl methyl sites for hydroxylation is 1. The Bertz CT molecular complexity index is 588. The van der Waals surface area contributed by atoms with Gasteiger partial charge < -0.3 is 10.6 Å². The van der Waals surface area contributed by atoms with Crippen LogP contribution in [-0.2, 0) is 4.79 Å². The number of carbonyl (C=O) groups is 2. The minimum absolute atomic E-state index is 0.0469. The smallest absolute Gasteiger partial charge is 0.226 e. The van der Waals surface area contributed by atoms with Crippen LogP contribution in [0.3, 0.4) is 0 Å². The summed E-state index contributed by atoms with van der Waals surface area (Å²) in [4.78, 5) is 27.3. The number of hydrogen-bond acceptors (Lipinski definition) is 3. The molecule has 2 fully saturated rings. The number of hydrogen-bond donors (Lipinski definition) is 1. The third-order valence-electron chi connectivity index (χ3n) is 5.79. The van der Waals surface area contributed by atoms with Gasteiger partial charge in [0.05, 0.1) is 0 Å². The molecule has 2 aliphatic rings. The highest BCUT2D eigenvalue weighted by atomic mass is 16.2. The molecule has 1 aliphatic carbocycles. The van der Waals surface area contributed by atoms with E-state index in [0.717, 1.165) is 43.2 Å². The monoisotopic (exact) mass is 328 g/mol. The number of ketones is 1. The lowest BCUT2D eigenvalue weighted by Gasteiger charge is -2.34. The van der Waals surface area contributed by atoms with Gasteiger partial charge in [0, 0.05) is 30.5 Å². The van der Waals surface area contributed by atoms with E-state index in [0.29, 0.717) is 25.6 Å². The molecule has 0 radical (unpaired) electrons. The number of benzene rings is 1. The third-order valence-corrected chi connectivity index (χ3v) is 5.79. The molecule has 4 nitrogen and oxygen atoms in total. The van der Waals surface area contributed by atoms with Crippen molar-refractivity contribution in [2.45, 2.75) is 39.0 Å². The Labute approximate surface area is 144 Å². The van der Waals surface area contributed by atoms with Crippen molar-refractivity contribution in [2.24, 2.45) is 23.5 Å². The number of amides is 1. The first kappa shape index (κ1) is 17.2. The maximum absolute atomic E-state index is 12.7. The molecule has 1 saturated heterocycles. The SMILES string of the molecule is Cc1ccc(C(=O)C2CCN(C(=O)[C@@H]3CCC[C@@H]3CN)CC2)cc1. The Balaban J connectivity index is 1.56. The van der Waals surface area contributed by atoms with Crippen LogP contribution in [0.4, 0.5) is 0 Å². The van der Waals surface area contributed by atoms with Crippen molar-refractivity contribution in [3.8, 4) is 0 Å². The minimum atomic E-state index is 0.0469. The standard InChI is InChI=1S/C20H28N2O2/c1-14-5-7-15(8-6-14)19(23)16-9-11-22(12-10-16)20(24)18-4-2-3-17(18)13-21/h5-8,16-18H,2-4,9-13,21H2,1H3/t17-,18-/m1/s1. The number of Topliss-reactive ketones (excluding diaryl/α,β-unsaturated/α-hetero) is 1. The molecule has 0 spiro atoms. The fourth-order valence-corrected chi connectivity index (χ4v) is 4.19. The molecule has 1 saturated carbocycles. The van der Waals surface area contributed by atoms with Gasteiger partial charge in [-0.05, 0) is 45.1 Å². The molecular weight excluding hydrogens is 300 g/mol. The topological polar surface area (TPSA) is 63.4 Å². The van der Waals surface area contributed by atoms with E-state index in [1.54, 1.807) is 0 Å². The fraction of sp³-hybridized carbons (Fsp3) is 0.600. The van der Waals surface area contributed by atoms with Crippen molar-refractivity contribution < 1.29 is 9.59 Å². The van der Waals surface area contributed by atoms with Crippen molar-refractivity contribution >= 4 is 11.7 Å². The van der Waals surface area contributed by atoms with Gasteiger partial charge in [0.1, 0.15) is 0 Å². The first-order valence-corrected chi connectivity index (χ1v) is 9.20. The second-order valence-electron chi connectivity index (χ2n) is 7.36. The zero-order chi connectivity index (χ0) is 17.1. The summed E-state index contributed by atoms with van der Waals surface area (Å²) in [6.45, 7) is 4.04. The molecule has 0 bridgehead atoms. The van der Waals surface area contributed by atoms with Gasteiger partial charge in [0.25, 0.3) is 0 Å². The van der Waals surface area contributed by atoms with Crippen LogP contribution in [0.25, 0.3) is 0 Å². The van der Waals surface area contributed by atoms with Gasteiger partial charge in [-0.15, -0.1) is 0 Å². The molecule has 1 aliphatic heterocycles. The molecule has 24 heavy (non-hydrogen) atoms. The van der Waals surface area contributed by atoms with Crippen LogP contribution in [0.2, 0.25) is 0 Å².